The minimum atomic E-state index is 0.341. The molecule has 0 aromatic carbocycles. The van der Waals surface area contributed by atoms with Gasteiger partial charge in [-0.25, -0.2) is 0 Å². The summed E-state index contributed by atoms with van der Waals surface area (Å²) in [6.07, 6.45) is 3.73. The van der Waals surface area contributed by atoms with E-state index < -0.39 is 0 Å². The molecule has 0 radical (unpaired) electrons. The van der Waals surface area contributed by atoms with Crippen LogP contribution in [-0.2, 0) is 6.54 Å². The van der Waals surface area contributed by atoms with Crippen molar-refractivity contribution in [1.82, 2.24) is 9.88 Å². The van der Waals surface area contributed by atoms with Crippen molar-refractivity contribution in [1.29, 1.82) is 0 Å². The van der Waals surface area contributed by atoms with Crippen molar-refractivity contribution in [2.24, 2.45) is 0 Å². The summed E-state index contributed by atoms with van der Waals surface area (Å²) in [6, 6.07) is 6.55. The quantitative estimate of drug-likeness (QED) is 0.824. The van der Waals surface area contributed by atoms with Crippen LogP contribution in [0, 0.1) is 13.8 Å². The van der Waals surface area contributed by atoms with E-state index in [9.17, 15) is 0 Å². The Kier molecular flexibility index (Phi) is 3.82. The zero-order chi connectivity index (χ0) is 13.1. The van der Waals surface area contributed by atoms with Crippen LogP contribution in [0.15, 0.2) is 35.0 Å². The number of aryl methyl sites for hydroxylation is 2. The third-order valence-corrected chi connectivity index (χ3v) is 3.39. The van der Waals surface area contributed by atoms with Crippen LogP contribution in [-0.4, -0.2) is 16.9 Å². The second-order valence-corrected chi connectivity index (χ2v) is 4.82. The molecule has 18 heavy (non-hydrogen) atoms. The molecule has 3 heteroatoms. The Bertz CT molecular complexity index is 504. The number of rotatable bonds is 4. The van der Waals surface area contributed by atoms with E-state index in [0.29, 0.717) is 6.04 Å². The highest BCUT2D eigenvalue weighted by atomic mass is 16.3. The van der Waals surface area contributed by atoms with Crippen LogP contribution in [0.3, 0.4) is 0 Å². The predicted molar refractivity (Wildman–Crippen MR) is 72.3 cm³/mol. The van der Waals surface area contributed by atoms with Gasteiger partial charge in [0.05, 0.1) is 0 Å². The van der Waals surface area contributed by atoms with Gasteiger partial charge < -0.3 is 4.42 Å². The summed E-state index contributed by atoms with van der Waals surface area (Å²) in [6.45, 7) is 7.09. The van der Waals surface area contributed by atoms with Crippen LogP contribution in [0.5, 0.6) is 0 Å². The van der Waals surface area contributed by atoms with E-state index in [4.69, 9.17) is 4.42 Å². The third kappa shape index (κ3) is 2.79. The van der Waals surface area contributed by atoms with Gasteiger partial charge in [0.25, 0.3) is 0 Å². The highest BCUT2D eigenvalue weighted by molar-refractivity contribution is 5.21. The molecule has 2 aromatic heterocycles. The van der Waals surface area contributed by atoms with Crippen LogP contribution >= 0.6 is 0 Å². The number of aromatic nitrogens is 1. The summed E-state index contributed by atoms with van der Waals surface area (Å²) in [5.74, 6) is 1.99. The standard InChI is InChI=1S/C15H20N2O/c1-11-8-15(13(3)18-11)10-17(4)12(2)14-6-5-7-16-9-14/h5-9,12H,10H2,1-4H3/t12-/m0/s1. The fraction of sp³-hybridized carbons (Fsp3) is 0.400. The SMILES string of the molecule is Cc1cc(CN(C)[C@@H](C)c2cccnc2)c(C)o1. The monoisotopic (exact) mass is 244 g/mol. The van der Waals surface area contributed by atoms with E-state index in [1.165, 1.54) is 11.1 Å². The molecule has 0 aliphatic heterocycles. The molecule has 2 rings (SSSR count). The molecule has 2 aromatic rings. The first kappa shape index (κ1) is 12.8. The molecule has 2 heterocycles. The molecule has 0 saturated heterocycles. The van der Waals surface area contributed by atoms with Gasteiger partial charge in [0.15, 0.2) is 0 Å². The lowest BCUT2D eigenvalue weighted by molar-refractivity contribution is 0.251. The molecule has 3 nitrogen and oxygen atoms in total. The van der Waals surface area contributed by atoms with Gasteiger partial charge in [-0.2, -0.15) is 0 Å². The maximum atomic E-state index is 5.56. The first-order chi connectivity index (χ1) is 8.58. The van der Waals surface area contributed by atoms with Gasteiger partial charge in [-0.1, -0.05) is 6.07 Å². The average molecular weight is 244 g/mol. The van der Waals surface area contributed by atoms with Gasteiger partial charge in [0.2, 0.25) is 0 Å². The molecule has 0 aliphatic carbocycles. The summed E-state index contributed by atoms with van der Waals surface area (Å²) in [5.41, 5.74) is 2.49. The van der Waals surface area contributed by atoms with Gasteiger partial charge >= 0.3 is 0 Å². The van der Waals surface area contributed by atoms with E-state index in [2.05, 4.69) is 36.0 Å². The minimum absolute atomic E-state index is 0.341. The molecule has 96 valence electrons. The number of hydrogen-bond donors (Lipinski definition) is 0. The van der Waals surface area contributed by atoms with Gasteiger partial charge in [-0.15, -0.1) is 0 Å². The lowest BCUT2D eigenvalue weighted by atomic mass is 10.1. The molecule has 0 spiro atoms. The first-order valence-corrected chi connectivity index (χ1v) is 6.24. The molecule has 0 saturated carbocycles. The molecule has 0 aliphatic rings. The lowest BCUT2D eigenvalue weighted by Gasteiger charge is -2.24. The van der Waals surface area contributed by atoms with Gasteiger partial charge in [-0.3, -0.25) is 9.88 Å². The summed E-state index contributed by atoms with van der Waals surface area (Å²) in [7, 11) is 2.12. The Balaban J connectivity index is 2.08. The Morgan fingerprint density at radius 3 is 2.72 bits per heavy atom. The third-order valence-electron chi connectivity index (χ3n) is 3.39. The maximum absolute atomic E-state index is 5.56. The van der Waals surface area contributed by atoms with E-state index in [0.717, 1.165) is 18.1 Å². The van der Waals surface area contributed by atoms with E-state index in [1.54, 1.807) is 6.20 Å². The van der Waals surface area contributed by atoms with E-state index in [-0.39, 0.29) is 0 Å². The van der Waals surface area contributed by atoms with Crippen molar-refractivity contribution in [3.05, 3.63) is 53.2 Å². The summed E-state index contributed by atoms with van der Waals surface area (Å²) < 4.78 is 5.56. The van der Waals surface area contributed by atoms with E-state index in [1.807, 2.05) is 26.1 Å². The number of hydrogen-bond acceptors (Lipinski definition) is 3. The highest BCUT2D eigenvalue weighted by Crippen LogP contribution is 2.22. The highest BCUT2D eigenvalue weighted by Gasteiger charge is 2.14. The van der Waals surface area contributed by atoms with Crippen LogP contribution in [0.25, 0.3) is 0 Å². The number of pyridine rings is 1. The first-order valence-electron chi connectivity index (χ1n) is 6.24. The van der Waals surface area contributed by atoms with Crippen molar-refractivity contribution < 1.29 is 4.42 Å². The Labute approximate surface area is 108 Å². The van der Waals surface area contributed by atoms with Crippen molar-refractivity contribution in [3.63, 3.8) is 0 Å². The van der Waals surface area contributed by atoms with Crippen LogP contribution in [0.2, 0.25) is 0 Å². The minimum Gasteiger partial charge on any atom is -0.466 e. The summed E-state index contributed by atoms with van der Waals surface area (Å²) >= 11 is 0. The van der Waals surface area contributed by atoms with Crippen molar-refractivity contribution >= 4 is 0 Å². The molecule has 0 N–H and O–H groups in total. The van der Waals surface area contributed by atoms with Crippen molar-refractivity contribution in [2.45, 2.75) is 33.4 Å². The molecule has 0 bridgehead atoms. The molecule has 0 fully saturated rings. The molecular weight excluding hydrogens is 224 g/mol. The fourth-order valence-electron chi connectivity index (χ4n) is 2.12. The molecule has 1 atom stereocenters. The molecular formula is C15H20N2O. The summed E-state index contributed by atoms with van der Waals surface area (Å²) in [5, 5.41) is 0. The second-order valence-electron chi connectivity index (χ2n) is 4.82. The Morgan fingerprint density at radius 2 is 2.17 bits per heavy atom. The normalized spacial score (nSPS) is 12.9. The number of furan rings is 1. The van der Waals surface area contributed by atoms with Gasteiger partial charge in [-0.05, 0) is 45.5 Å². The second kappa shape index (κ2) is 5.36. The topological polar surface area (TPSA) is 29.3 Å². The van der Waals surface area contributed by atoms with Crippen LogP contribution in [0.4, 0.5) is 0 Å². The zero-order valence-corrected chi connectivity index (χ0v) is 11.5. The fourth-order valence-corrected chi connectivity index (χ4v) is 2.12. The number of nitrogens with zero attached hydrogens (tertiary/aromatic N) is 2. The smallest absolute Gasteiger partial charge is 0.105 e. The predicted octanol–water partition coefficient (Wildman–Crippen LogP) is 3.48. The van der Waals surface area contributed by atoms with Crippen LogP contribution < -0.4 is 0 Å². The van der Waals surface area contributed by atoms with Crippen LogP contribution in [0.1, 0.15) is 35.6 Å². The Morgan fingerprint density at radius 1 is 1.39 bits per heavy atom. The molecule has 0 unspecified atom stereocenters. The lowest BCUT2D eigenvalue weighted by Crippen LogP contribution is -2.22. The average Bonchev–Trinajstić information content (AvgIpc) is 2.68. The maximum Gasteiger partial charge on any atom is 0.105 e. The Hall–Kier alpha value is -1.61. The van der Waals surface area contributed by atoms with Gasteiger partial charge in [0.1, 0.15) is 11.5 Å². The van der Waals surface area contributed by atoms with Gasteiger partial charge in [0, 0.05) is 30.5 Å². The largest absolute Gasteiger partial charge is 0.466 e. The molecule has 0 amide bonds. The zero-order valence-electron chi connectivity index (χ0n) is 11.5. The van der Waals surface area contributed by atoms with Crippen molar-refractivity contribution in [3.8, 4) is 0 Å². The summed E-state index contributed by atoms with van der Waals surface area (Å²) in [4.78, 5) is 6.47. The van der Waals surface area contributed by atoms with Crippen molar-refractivity contribution in [2.75, 3.05) is 7.05 Å². The van der Waals surface area contributed by atoms with E-state index >= 15 is 0 Å².